The SMILES string of the molecule is CS(=O)CCNc1nc(Cl)ncc1Br. The van der Waals surface area contributed by atoms with Gasteiger partial charge < -0.3 is 5.32 Å². The van der Waals surface area contributed by atoms with E-state index >= 15 is 0 Å². The molecule has 7 heteroatoms. The van der Waals surface area contributed by atoms with E-state index in [-0.39, 0.29) is 5.28 Å². The molecular weight excluding hydrogens is 290 g/mol. The second-order valence-electron chi connectivity index (χ2n) is 2.54. The summed E-state index contributed by atoms with van der Waals surface area (Å²) in [5, 5.41) is 3.20. The smallest absolute Gasteiger partial charge is 0.224 e. The van der Waals surface area contributed by atoms with Gasteiger partial charge >= 0.3 is 0 Å². The largest absolute Gasteiger partial charge is 0.368 e. The van der Waals surface area contributed by atoms with Crippen LogP contribution in [0.3, 0.4) is 0 Å². The van der Waals surface area contributed by atoms with Gasteiger partial charge in [0.15, 0.2) is 0 Å². The van der Waals surface area contributed by atoms with E-state index in [1.165, 1.54) is 0 Å². The minimum Gasteiger partial charge on any atom is -0.368 e. The summed E-state index contributed by atoms with van der Waals surface area (Å²) in [6, 6.07) is 0. The van der Waals surface area contributed by atoms with E-state index in [0.717, 1.165) is 4.47 Å². The van der Waals surface area contributed by atoms with E-state index in [2.05, 4.69) is 31.2 Å². The van der Waals surface area contributed by atoms with Crippen LogP contribution in [0.1, 0.15) is 0 Å². The van der Waals surface area contributed by atoms with Crippen molar-refractivity contribution in [2.24, 2.45) is 0 Å². The van der Waals surface area contributed by atoms with Gasteiger partial charge in [0.05, 0.1) is 4.47 Å². The van der Waals surface area contributed by atoms with Gasteiger partial charge in [-0.15, -0.1) is 0 Å². The Morgan fingerprint density at radius 3 is 3.07 bits per heavy atom. The fourth-order valence-electron chi connectivity index (χ4n) is 0.783. The summed E-state index contributed by atoms with van der Waals surface area (Å²) in [7, 11) is -0.805. The fourth-order valence-corrected chi connectivity index (χ4v) is 1.64. The summed E-state index contributed by atoms with van der Waals surface area (Å²) in [6.07, 6.45) is 3.23. The first-order chi connectivity index (χ1) is 6.59. The minimum absolute atomic E-state index is 0.188. The van der Waals surface area contributed by atoms with Crippen molar-refractivity contribution in [3.63, 3.8) is 0 Å². The van der Waals surface area contributed by atoms with Crippen molar-refractivity contribution in [2.75, 3.05) is 23.9 Å². The molecule has 1 rings (SSSR count). The lowest BCUT2D eigenvalue weighted by atomic mass is 10.5. The number of nitrogens with one attached hydrogen (secondary N) is 1. The van der Waals surface area contributed by atoms with Gasteiger partial charge in [-0.2, -0.15) is 4.98 Å². The Kier molecular flexibility index (Phi) is 4.77. The predicted octanol–water partition coefficient (Wildman–Crippen LogP) is 1.68. The molecular formula is C7H9BrClN3OS. The Labute approximate surface area is 98.1 Å². The Hall–Kier alpha value is -0.200. The molecule has 78 valence electrons. The van der Waals surface area contributed by atoms with Crippen LogP contribution in [0.4, 0.5) is 5.82 Å². The van der Waals surface area contributed by atoms with Gasteiger partial charge in [0.25, 0.3) is 0 Å². The third-order valence-corrected chi connectivity index (χ3v) is 2.94. The zero-order chi connectivity index (χ0) is 10.6. The van der Waals surface area contributed by atoms with Crippen molar-refractivity contribution in [3.8, 4) is 0 Å². The van der Waals surface area contributed by atoms with Crippen LogP contribution in [0.2, 0.25) is 5.28 Å². The first-order valence-corrected chi connectivity index (χ1v) is 6.71. The molecule has 4 nitrogen and oxygen atoms in total. The van der Waals surface area contributed by atoms with E-state index < -0.39 is 10.8 Å². The van der Waals surface area contributed by atoms with E-state index in [0.29, 0.717) is 18.1 Å². The van der Waals surface area contributed by atoms with Crippen molar-refractivity contribution in [1.29, 1.82) is 0 Å². The summed E-state index contributed by atoms with van der Waals surface area (Å²) in [5.41, 5.74) is 0. The Balaban J connectivity index is 2.57. The molecule has 0 saturated carbocycles. The molecule has 0 fully saturated rings. The molecule has 0 aromatic carbocycles. The lowest BCUT2D eigenvalue weighted by molar-refractivity contribution is 0.687. The highest BCUT2D eigenvalue weighted by molar-refractivity contribution is 9.10. The van der Waals surface area contributed by atoms with Gasteiger partial charge in [-0.3, -0.25) is 4.21 Å². The summed E-state index contributed by atoms with van der Waals surface area (Å²) in [6.45, 7) is 0.592. The van der Waals surface area contributed by atoms with E-state index in [1.54, 1.807) is 12.5 Å². The highest BCUT2D eigenvalue weighted by Crippen LogP contribution is 2.19. The molecule has 0 spiro atoms. The molecule has 1 heterocycles. The molecule has 0 aliphatic rings. The maximum Gasteiger partial charge on any atom is 0.224 e. The Bertz CT molecular complexity index is 350. The summed E-state index contributed by atoms with van der Waals surface area (Å²) in [4.78, 5) is 7.76. The van der Waals surface area contributed by atoms with Crippen LogP contribution in [0.25, 0.3) is 0 Å². The molecule has 1 aromatic rings. The highest BCUT2D eigenvalue weighted by atomic mass is 79.9. The van der Waals surface area contributed by atoms with E-state index in [9.17, 15) is 4.21 Å². The van der Waals surface area contributed by atoms with Gasteiger partial charge in [0, 0.05) is 35.5 Å². The van der Waals surface area contributed by atoms with Crippen LogP contribution in [0, 0.1) is 0 Å². The van der Waals surface area contributed by atoms with Crippen LogP contribution in [-0.4, -0.2) is 32.7 Å². The van der Waals surface area contributed by atoms with Gasteiger partial charge in [-0.05, 0) is 27.5 Å². The molecule has 0 aliphatic heterocycles. The number of hydrogen-bond donors (Lipinski definition) is 1. The number of halogens is 2. The second-order valence-corrected chi connectivity index (χ2v) is 5.29. The van der Waals surface area contributed by atoms with E-state index in [4.69, 9.17) is 11.6 Å². The van der Waals surface area contributed by atoms with Crippen molar-refractivity contribution >= 4 is 44.1 Å². The standard InChI is InChI=1S/C7H9BrClN3OS/c1-14(13)3-2-10-6-5(8)4-11-7(9)12-6/h4H,2-3H2,1H3,(H,10,11,12). The first-order valence-electron chi connectivity index (χ1n) is 3.81. The fraction of sp³-hybridized carbons (Fsp3) is 0.429. The van der Waals surface area contributed by atoms with Crippen molar-refractivity contribution in [1.82, 2.24) is 9.97 Å². The molecule has 1 atom stereocenters. The summed E-state index contributed by atoms with van der Waals surface area (Å²) >= 11 is 8.89. The Morgan fingerprint density at radius 1 is 1.71 bits per heavy atom. The van der Waals surface area contributed by atoms with Crippen LogP contribution >= 0.6 is 27.5 Å². The topological polar surface area (TPSA) is 54.9 Å². The lowest BCUT2D eigenvalue weighted by Gasteiger charge is -2.05. The third kappa shape index (κ3) is 3.89. The van der Waals surface area contributed by atoms with Crippen LogP contribution in [-0.2, 0) is 10.8 Å². The number of anilines is 1. The first kappa shape index (κ1) is 11.9. The van der Waals surface area contributed by atoms with Crippen molar-refractivity contribution in [2.45, 2.75) is 0 Å². The molecule has 1 aromatic heterocycles. The second kappa shape index (κ2) is 5.63. The van der Waals surface area contributed by atoms with Crippen LogP contribution in [0.5, 0.6) is 0 Å². The molecule has 1 N–H and O–H groups in total. The molecule has 0 radical (unpaired) electrons. The Morgan fingerprint density at radius 2 is 2.43 bits per heavy atom. The lowest BCUT2D eigenvalue weighted by Crippen LogP contribution is -2.11. The van der Waals surface area contributed by atoms with Crippen LogP contribution in [0.15, 0.2) is 10.7 Å². The van der Waals surface area contributed by atoms with Gasteiger partial charge in [0.1, 0.15) is 5.82 Å². The average molecular weight is 299 g/mol. The van der Waals surface area contributed by atoms with Crippen molar-refractivity contribution < 1.29 is 4.21 Å². The molecule has 0 saturated heterocycles. The van der Waals surface area contributed by atoms with Crippen molar-refractivity contribution in [3.05, 3.63) is 16.0 Å². The third-order valence-electron chi connectivity index (χ3n) is 1.40. The molecule has 0 aliphatic carbocycles. The maximum atomic E-state index is 10.8. The average Bonchev–Trinajstić information content (AvgIpc) is 2.10. The number of hydrogen-bond acceptors (Lipinski definition) is 4. The maximum absolute atomic E-state index is 10.8. The predicted molar refractivity (Wildman–Crippen MR) is 62.2 cm³/mol. The normalized spacial score (nSPS) is 12.5. The number of rotatable bonds is 4. The minimum atomic E-state index is -0.805. The zero-order valence-electron chi connectivity index (χ0n) is 7.46. The summed E-state index contributed by atoms with van der Waals surface area (Å²) in [5.74, 6) is 1.20. The molecule has 1 unspecified atom stereocenters. The number of nitrogens with zero attached hydrogens (tertiary/aromatic N) is 2. The van der Waals surface area contributed by atoms with Crippen LogP contribution < -0.4 is 5.32 Å². The summed E-state index contributed by atoms with van der Waals surface area (Å²) < 4.78 is 11.5. The van der Waals surface area contributed by atoms with E-state index in [1.807, 2.05) is 0 Å². The molecule has 0 bridgehead atoms. The van der Waals surface area contributed by atoms with Gasteiger partial charge in [-0.1, -0.05) is 0 Å². The van der Waals surface area contributed by atoms with Gasteiger partial charge in [-0.25, -0.2) is 4.98 Å². The molecule has 0 amide bonds. The monoisotopic (exact) mass is 297 g/mol. The number of aromatic nitrogens is 2. The zero-order valence-corrected chi connectivity index (χ0v) is 10.6. The quantitative estimate of drug-likeness (QED) is 0.859. The highest BCUT2D eigenvalue weighted by Gasteiger charge is 2.02. The molecule has 14 heavy (non-hydrogen) atoms. The van der Waals surface area contributed by atoms with Gasteiger partial charge in [0.2, 0.25) is 5.28 Å².